The van der Waals surface area contributed by atoms with Gasteiger partial charge in [-0.3, -0.25) is 14.4 Å². The zero-order valence-electron chi connectivity index (χ0n) is 15.5. The standard InChI is InChI=1S/C18H17N7O3S/c1-29-7-14(27)21-16-15-12(4-18(22-17(15)28)8-24(9-18)10-26)23-25(16)13-3-2-11(5-19)6-20-13/h2-3,6,10H,4,7-9H2,1H3,(H,21,27)(H,22,28). The Balaban J connectivity index is 1.76. The quantitative estimate of drug-likeness (QED) is 0.658. The molecule has 0 atom stereocenters. The van der Waals surface area contributed by atoms with Gasteiger partial charge in [-0.2, -0.15) is 26.8 Å². The number of likely N-dealkylation sites (tertiary alicyclic amines) is 1. The third-order valence-corrected chi connectivity index (χ3v) is 5.41. The number of aromatic nitrogens is 3. The second-order valence-electron chi connectivity index (χ2n) is 7.00. The molecule has 148 valence electrons. The molecule has 0 radical (unpaired) electrons. The predicted molar refractivity (Wildman–Crippen MR) is 105 cm³/mol. The van der Waals surface area contributed by atoms with E-state index < -0.39 is 5.54 Å². The highest BCUT2D eigenvalue weighted by atomic mass is 32.2. The fourth-order valence-corrected chi connectivity index (χ4v) is 3.98. The lowest BCUT2D eigenvalue weighted by Gasteiger charge is -2.50. The average Bonchev–Trinajstić information content (AvgIpc) is 3.04. The predicted octanol–water partition coefficient (Wildman–Crippen LogP) is -0.0628. The Morgan fingerprint density at radius 2 is 2.28 bits per heavy atom. The van der Waals surface area contributed by atoms with Crippen molar-refractivity contribution in [2.45, 2.75) is 12.0 Å². The molecule has 29 heavy (non-hydrogen) atoms. The Bertz CT molecular complexity index is 1030. The topological polar surface area (TPSA) is 133 Å². The van der Waals surface area contributed by atoms with Gasteiger partial charge >= 0.3 is 0 Å². The number of thioether (sulfide) groups is 1. The Morgan fingerprint density at radius 1 is 1.48 bits per heavy atom. The summed E-state index contributed by atoms with van der Waals surface area (Å²) in [6.07, 6.45) is 4.40. The molecule has 2 aromatic rings. The van der Waals surface area contributed by atoms with Crippen molar-refractivity contribution in [2.24, 2.45) is 0 Å². The molecule has 0 saturated carbocycles. The first-order valence-corrected chi connectivity index (χ1v) is 10.2. The molecular weight excluding hydrogens is 394 g/mol. The van der Waals surface area contributed by atoms with E-state index >= 15 is 0 Å². The van der Waals surface area contributed by atoms with Gasteiger partial charge in [-0.25, -0.2) is 4.98 Å². The lowest BCUT2D eigenvalue weighted by molar-refractivity contribution is -0.125. The van der Waals surface area contributed by atoms with Gasteiger partial charge in [0.1, 0.15) is 11.6 Å². The van der Waals surface area contributed by atoms with Crippen LogP contribution < -0.4 is 10.6 Å². The Morgan fingerprint density at radius 3 is 2.90 bits per heavy atom. The number of rotatable bonds is 5. The average molecular weight is 411 g/mol. The van der Waals surface area contributed by atoms with Gasteiger partial charge in [0.25, 0.3) is 5.91 Å². The minimum Gasteiger partial charge on any atom is -0.342 e. The third kappa shape index (κ3) is 3.31. The molecule has 2 aromatic heterocycles. The molecule has 3 amide bonds. The van der Waals surface area contributed by atoms with Crippen LogP contribution in [0.3, 0.4) is 0 Å². The molecule has 1 saturated heterocycles. The summed E-state index contributed by atoms with van der Waals surface area (Å²) in [5.41, 5.74) is 0.674. The molecule has 11 heteroatoms. The Kier molecular flexibility index (Phi) is 4.71. The molecule has 4 rings (SSSR count). The Labute approximate surface area is 170 Å². The lowest BCUT2D eigenvalue weighted by atomic mass is 9.81. The summed E-state index contributed by atoms with van der Waals surface area (Å²) in [5, 5.41) is 19.3. The van der Waals surface area contributed by atoms with E-state index in [-0.39, 0.29) is 23.4 Å². The molecule has 0 bridgehead atoms. The molecule has 0 aromatic carbocycles. The maximum Gasteiger partial charge on any atom is 0.257 e. The summed E-state index contributed by atoms with van der Waals surface area (Å²) in [4.78, 5) is 41.9. The molecule has 1 spiro atoms. The van der Waals surface area contributed by atoms with Crippen molar-refractivity contribution < 1.29 is 14.4 Å². The van der Waals surface area contributed by atoms with Gasteiger partial charge in [-0.1, -0.05) is 0 Å². The molecule has 0 aliphatic carbocycles. The summed E-state index contributed by atoms with van der Waals surface area (Å²) < 4.78 is 1.42. The summed E-state index contributed by atoms with van der Waals surface area (Å²) in [6, 6.07) is 5.19. The summed E-state index contributed by atoms with van der Waals surface area (Å²) in [5.74, 6) is 0.230. The van der Waals surface area contributed by atoms with Gasteiger partial charge < -0.3 is 15.5 Å². The smallest absolute Gasteiger partial charge is 0.257 e. The maximum atomic E-state index is 12.9. The highest BCUT2D eigenvalue weighted by Crippen LogP contribution is 2.34. The normalized spacial score (nSPS) is 16.4. The van der Waals surface area contributed by atoms with E-state index in [9.17, 15) is 14.4 Å². The maximum absolute atomic E-state index is 12.9. The van der Waals surface area contributed by atoms with E-state index in [1.165, 1.54) is 22.6 Å². The summed E-state index contributed by atoms with van der Waals surface area (Å²) in [7, 11) is 0. The highest BCUT2D eigenvalue weighted by molar-refractivity contribution is 7.99. The van der Waals surface area contributed by atoms with Crippen LogP contribution in [0.4, 0.5) is 5.82 Å². The van der Waals surface area contributed by atoms with E-state index in [0.29, 0.717) is 42.1 Å². The molecule has 2 N–H and O–H groups in total. The number of fused-ring (bicyclic) bond motifs is 1. The van der Waals surface area contributed by atoms with Gasteiger partial charge in [0.15, 0.2) is 11.6 Å². The first-order chi connectivity index (χ1) is 14.0. The van der Waals surface area contributed by atoms with Crippen molar-refractivity contribution in [1.29, 1.82) is 5.26 Å². The zero-order valence-corrected chi connectivity index (χ0v) is 16.3. The van der Waals surface area contributed by atoms with Gasteiger partial charge in [0.2, 0.25) is 12.3 Å². The van der Waals surface area contributed by atoms with Crippen LogP contribution in [0.2, 0.25) is 0 Å². The second kappa shape index (κ2) is 7.21. The minimum absolute atomic E-state index is 0.223. The molecule has 0 unspecified atom stereocenters. The van der Waals surface area contributed by atoms with Crippen LogP contribution in [0.1, 0.15) is 21.6 Å². The number of hydrogen-bond acceptors (Lipinski definition) is 7. The fourth-order valence-electron chi connectivity index (χ4n) is 3.65. The lowest BCUT2D eigenvalue weighted by Crippen LogP contribution is -2.72. The molecule has 4 heterocycles. The molecule has 2 aliphatic heterocycles. The van der Waals surface area contributed by atoms with Crippen molar-refractivity contribution in [2.75, 3.05) is 30.4 Å². The van der Waals surface area contributed by atoms with E-state index in [4.69, 9.17) is 5.26 Å². The van der Waals surface area contributed by atoms with Crippen molar-refractivity contribution in [3.63, 3.8) is 0 Å². The van der Waals surface area contributed by atoms with Crippen LogP contribution in [0.25, 0.3) is 5.82 Å². The van der Waals surface area contributed by atoms with E-state index in [0.717, 1.165) is 6.41 Å². The number of nitriles is 1. The second-order valence-corrected chi connectivity index (χ2v) is 7.87. The fraction of sp³-hybridized carbons (Fsp3) is 0.333. The Hall–Kier alpha value is -3.39. The number of carbonyl (C=O) groups is 3. The van der Waals surface area contributed by atoms with E-state index in [1.54, 1.807) is 23.3 Å². The van der Waals surface area contributed by atoms with Gasteiger partial charge in [-0.15, -0.1) is 0 Å². The number of amides is 3. The van der Waals surface area contributed by atoms with Crippen LogP contribution in [0, 0.1) is 11.3 Å². The van der Waals surface area contributed by atoms with Crippen molar-refractivity contribution in [3.05, 3.63) is 35.2 Å². The van der Waals surface area contributed by atoms with Crippen LogP contribution >= 0.6 is 11.8 Å². The summed E-state index contributed by atoms with van der Waals surface area (Å²) >= 11 is 1.36. The highest BCUT2D eigenvalue weighted by Gasteiger charge is 2.49. The van der Waals surface area contributed by atoms with Crippen LogP contribution in [-0.2, 0) is 16.0 Å². The number of hydrogen-bond donors (Lipinski definition) is 2. The molecule has 10 nitrogen and oxygen atoms in total. The van der Waals surface area contributed by atoms with Crippen molar-refractivity contribution >= 4 is 35.8 Å². The zero-order chi connectivity index (χ0) is 20.6. The molecule has 2 aliphatic rings. The monoisotopic (exact) mass is 411 g/mol. The van der Waals surface area contributed by atoms with Crippen LogP contribution in [-0.4, -0.2) is 68.5 Å². The van der Waals surface area contributed by atoms with Gasteiger partial charge in [0, 0.05) is 25.7 Å². The van der Waals surface area contributed by atoms with Gasteiger partial charge in [0.05, 0.1) is 22.5 Å². The van der Waals surface area contributed by atoms with Crippen LogP contribution in [0.5, 0.6) is 0 Å². The van der Waals surface area contributed by atoms with Crippen molar-refractivity contribution in [3.8, 4) is 11.9 Å². The number of nitrogens with zero attached hydrogens (tertiary/aromatic N) is 5. The number of nitrogens with one attached hydrogen (secondary N) is 2. The number of anilines is 1. The van der Waals surface area contributed by atoms with Crippen molar-refractivity contribution in [1.82, 2.24) is 25.0 Å². The number of pyridine rings is 1. The van der Waals surface area contributed by atoms with Gasteiger partial charge in [-0.05, 0) is 18.4 Å². The number of carbonyl (C=O) groups excluding carboxylic acids is 3. The van der Waals surface area contributed by atoms with E-state index in [2.05, 4.69) is 20.7 Å². The molecule has 1 fully saturated rings. The van der Waals surface area contributed by atoms with E-state index in [1.807, 2.05) is 6.07 Å². The largest absolute Gasteiger partial charge is 0.342 e. The minimum atomic E-state index is -0.539. The third-order valence-electron chi connectivity index (χ3n) is 4.86. The SMILES string of the molecule is CSCC(=O)Nc1c2c(nn1-c1ccc(C#N)cn1)CC1(CN(C=O)C1)NC2=O. The van der Waals surface area contributed by atoms with Crippen LogP contribution in [0.15, 0.2) is 18.3 Å². The summed E-state index contributed by atoms with van der Waals surface area (Å²) in [6.45, 7) is 0.829. The first-order valence-electron chi connectivity index (χ1n) is 8.77. The molecular formula is C18H17N7O3S. The first kappa shape index (κ1) is 18.9.